The summed E-state index contributed by atoms with van der Waals surface area (Å²) in [6, 6.07) is 59.1. The first-order valence-corrected chi connectivity index (χ1v) is 20.6. The van der Waals surface area contributed by atoms with Gasteiger partial charge in [0.1, 0.15) is 11.0 Å². The van der Waals surface area contributed by atoms with Gasteiger partial charge in [0.05, 0.1) is 29.5 Å². The number of benzene rings is 7. The lowest BCUT2D eigenvalue weighted by molar-refractivity contribution is 0.176. The molecule has 1 saturated heterocycles. The summed E-state index contributed by atoms with van der Waals surface area (Å²) in [6.45, 7) is 0. The molecule has 3 unspecified atom stereocenters. The van der Waals surface area contributed by atoms with Crippen molar-refractivity contribution in [3.05, 3.63) is 186 Å². The Labute approximate surface area is 333 Å². The third-order valence-corrected chi connectivity index (χ3v) is 13.2. The number of nitrogens with one attached hydrogen (secondary N) is 3. The summed E-state index contributed by atoms with van der Waals surface area (Å²) in [5.74, 6) is 0.198. The van der Waals surface area contributed by atoms with Crippen LogP contribution in [0, 0.1) is 5.92 Å². The molecule has 0 amide bonds. The third-order valence-electron chi connectivity index (χ3n) is 12.1. The smallest absolute Gasteiger partial charge is 0.136 e. The van der Waals surface area contributed by atoms with E-state index < -0.39 is 0 Å². The van der Waals surface area contributed by atoms with E-state index in [0.29, 0.717) is 0 Å². The van der Waals surface area contributed by atoms with Gasteiger partial charge in [-0.15, -0.1) is 11.3 Å². The Bertz CT molecular complexity index is 3190. The van der Waals surface area contributed by atoms with Crippen LogP contribution in [0.5, 0.6) is 0 Å². The summed E-state index contributed by atoms with van der Waals surface area (Å²) in [5, 5.41) is 19.1. The van der Waals surface area contributed by atoms with Gasteiger partial charge in [-0.05, 0) is 71.1 Å². The van der Waals surface area contributed by atoms with E-state index in [1.54, 1.807) is 0 Å². The van der Waals surface area contributed by atoms with Crippen LogP contribution in [-0.2, 0) is 0 Å². The highest BCUT2D eigenvalue weighted by molar-refractivity contribution is 7.25. The molecule has 6 heteroatoms. The average molecular weight is 755 g/mol. The molecule has 0 spiro atoms. The highest BCUT2D eigenvalue weighted by atomic mass is 32.1. The normalized spacial score (nSPS) is 19.6. The number of nitrogens with zero attached hydrogens (tertiary/aromatic N) is 1. The van der Waals surface area contributed by atoms with E-state index in [4.69, 9.17) is 4.42 Å². The summed E-state index contributed by atoms with van der Waals surface area (Å²) in [7, 11) is 0. The van der Waals surface area contributed by atoms with E-state index in [1.807, 2.05) is 11.3 Å². The zero-order valence-electron chi connectivity index (χ0n) is 31.0. The lowest BCUT2D eigenvalue weighted by atomic mass is 9.92. The van der Waals surface area contributed by atoms with Crippen molar-refractivity contribution in [3.8, 4) is 16.8 Å². The second-order valence-corrected chi connectivity index (χ2v) is 16.4. The lowest BCUT2D eigenvalue weighted by Gasteiger charge is -2.42. The Morgan fingerprint density at radius 3 is 1.89 bits per heavy atom. The maximum atomic E-state index is 6.68. The van der Waals surface area contributed by atoms with Gasteiger partial charge in [-0.3, -0.25) is 16.0 Å². The predicted octanol–water partition coefficient (Wildman–Crippen LogP) is 10.7. The maximum absolute atomic E-state index is 6.68. The standard InChI is InChI=1S/C51H38N4OS/c1-3-12-31(13-4-1)49-52-50(32-14-5-2-6-15-32)54-51(53-49)34-23-26-41-45(28-34)56-44-21-11-18-36(48(41)44)33-22-25-39-40-27-24-35(30-47(40)57-46(39)29-33)55-42-19-9-7-16-37(42)38-17-8-10-20-43(38)55/h1-22,24-30,34,49-54H,23H2. The SMILES string of the molecule is C1=c2oc3cccc(-c4ccc5c(c4)sc4cc(-n6c7ccccc7c7ccccc76)ccc45)c3c2=CCC1C1NC(c2ccccc2)NC(c2ccccc2)N1. The molecule has 3 aromatic heterocycles. The number of rotatable bonds is 5. The van der Waals surface area contributed by atoms with Gasteiger partial charge < -0.3 is 8.98 Å². The number of aromatic nitrogens is 1. The Kier molecular flexibility index (Phi) is 7.60. The highest BCUT2D eigenvalue weighted by Crippen LogP contribution is 2.40. The Morgan fingerprint density at radius 1 is 0.561 bits per heavy atom. The van der Waals surface area contributed by atoms with Crippen LogP contribution in [0.3, 0.4) is 0 Å². The minimum atomic E-state index is 0.00351. The van der Waals surface area contributed by atoms with Crippen molar-refractivity contribution in [2.24, 2.45) is 5.92 Å². The second-order valence-electron chi connectivity index (χ2n) is 15.4. The molecule has 1 aliphatic heterocycles. The Morgan fingerprint density at radius 2 is 1.19 bits per heavy atom. The third kappa shape index (κ3) is 5.41. The highest BCUT2D eigenvalue weighted by Gasteiger charge is 2.33. The molecule has 10 aromatic rings. The fraction of sp³-hybridized carbons (Fsp3) is 0.0980. The van der Waals surface area contributed by atoms with Crippen LogP contribution in [-0.4, -0.2) is 10.7 Å². The van der Waals surface area contributed by atoms with Crippen molar-refractivity contribution in [1.29, 1.82) is 0 Å². The van der Waals surface area contributed by atoms with Crippen LogP contribution in [0.15, 0.2) is 168 Å². The molecule has 0 bridgehead atoms. The molecule has 57 heavy (non-hydrogen) atoms. The van der Waals surface area contributed by atoms with Gasteiger partial charge in [0.2, 0.25) is 0 Å². The van der Waals surface area contributed by atoms with Crippen LogP contribution < -0.4 is 26.6 Å². The van der Waals surface area contributed by atoms with E-state index in [0.717, 1.165) is 17.4 Å². The minimum Gasteiger partial charge on any atom is -0.456 e. The number of para-hydroxylation sites is 2. The molecule has 12 rings (SSSR count). The monoisotopic (exact) mass is 754 g/mol. The molecule has 3 atom stereocenters. The molecule has 0 saturated carbocycles. The molecule has 5 nitrogen and oxygen atoms in total. The summed E-state index contributed by atoms with van der Waals surface area (Å²) < 4.78 is 11.7. The number of hydrogen-bond acceptors (Lipinski definition) is 5. The molecule has 2 aliphatic rings. The molecule has 4 heterocycles. The zero-order valence-corrected chi connectivity index (χ0v) is 31.8. The van der Waals surface area contributed by atoms with Gasteiger partial charge >= 0.3 is 0 Å². The van der Waals surface area contributed by atoms with Crippen LogP contribution in [0.25, 0.3) is 81.9 Å². The first kappa shape index (κ1) is 32.9. The summed E-state index contributed by atoms with van der Waals surface area (Å²) >= 11 is 1.87. The molecule has 7 aromatic carbocycles. The van der Waals surface area contributed by atoms with Gasteiger partial charge in [-0.1, -0.05) is 133 Å². The van der Waals surface area contributed by atoms with Crippen molar-refractivity contribution in [1.82, 2.24) is 20.5 Å². The first-order valence-electron chi connectivity index (χ1n) is 19.8. The number of thiophene rings is 1. The second kappa shape index (κ2) is 13.2. The molecule has 3 N–H and O–H groups in total. The number of furan rings is 1. The van der Waals surface area contributed by atoms with Gasteiger partial charge in [-0.25, -0.2) is 0 Å². The average Bonchev–Trinajstić information content (AvgIpc) is 3.95. The fourth-order valence-corrected chi connectivity index (χ4v) is 10.6. The van der Waals surface area contributed by atoms with Gasteiger partial charge in [0.25, 0.3) is 0 Å². The lowest BCUT2D eigenvalue weighted by Crippen LogP contribution is -2.61. The van der Waals surface area contributed by atoms with Crippen molar-refractivity contribution < 1.29 is 4.42 Å². The van der Waals surface area contributed by atoms with Gasteiger partial charge in [0.15, 0.2) is 0 Å². The van der Waals surface area contributed by atoms with Crippen LogP contribution in [0.2, 0.25) is 0 Å². The van der Waals surface area contributed by atoms with Crippen molar-refractivity contribution in [3.63, 3.8) is 0 Å². The first-order chi connectivity index (χ1) is 28.2. The molecule has 1 aliphatic carbocycles. The van der Waals surface area contributed by atoms with E-state index in [-0.39, 0.29) is 24.4 Å². The van der Waals surface area contributed by atoms with E-state index >= 15 is 0 Å². The zero-order chi connectivity index (χ0) is 37.5. The van der Waals surface area contributed by atoms with Crippen molar-refractivity contribution in [2.45, 2.75) is 24.9 Å². The van der Waals surface area contributed by atoms with Gasteiger partial charge in [0, 0.05) is 53.2 Å². The maximum Gasteiger partial charge on any atom is 0.136 e. The van der Waals surface area contributed by atoms with Crippen LogP contribution in [0.1, 0.15) is 29.9 Å². The molecule has 1 fully saturated rings. The largest absolute Gasteiger partial charge is 0.456 e. The van der Waals surface area contributed by atoms with E-state index in [2.05, 4.69) is 196 Å². The molecule has 0 radical (unpaired) electrons. The Balaban J connectivity index is 0.910. The van der Waals surface area contributed by atoms with Crippen molar-refractivity contribution in [2.75, 3.05) is 0 Å². The number of hydrogen-bond donors (Lipinski definition) is 3. The van der Waals surface area contributed by atoms with Crippen LogP contribution >= 0.6 is 11.3 Å². The predicted molar refractivity (Wildman–Crippen MR) is 237 cm³/mol. The van der Waals surface area contributed by atoms with Crippen molar-refractivity contribution >= 4 is 76.4 Å². The fourth-order valence-electron chi connectivity index (χ4n) is 9.37. The molecule has 274 valence electrons. The summed E-state index contributed by atoms with van der Waals surface area (Å²) in [4.78, 5) is 0. The van der Waals surface area contributed by atoms with E-state index in [1.165, 1.54) is 80.5 Å². The molecular formula is C51H38N4OS. The molecular weight excluding hydrogens is 717 g/mol. The summed E-state index contributed by atoms with van der Waals surface area (Å²) in [6.07, 6.45) is 5.66. The minimum absolute atomic E-state index is 0.00351. The summed E-state index contributed by atoms with van der Waals surface area (Å²) in [5.41, 5.74) is 10.4. The number of fused-ring (bicyclic) bond motifs is 9. The van der Waals surface area contributed by atoms with Gasteiger partial charge in [-0.2, -0.15) is 0 Å². The van der Waals surface area contributed by atoms with E-state index in [9.17, 15) is 0 Å². The van der Waals surface area contributed by atoms with Crippen LogP contribution in [0.4, 0.5) is 0 Å². The quantitative estimate of drug-likeness (QED) is 0.164. The topological polar surface area (TPSA) is 54.2 Å². The Hall–Kier alpha value is -6.28.